The number of benzene rings is 2. The molecule has 1 heterocycles. The van der Waals surface area contributed by atoms with Crippen LogP contribution in [-0.2, 0) is 14.3 Å². The lowest BCUT2D eigenvalue weighted by Gasteiger charge is -2.33. The summed E-state index contributed by atoms with van der Waals surface area (Å²) in [6, 6.07) is 18.1. The second kappa shape index (κ2) is 9.43. The number of ether oxygens (including phenoxy) is 1. The van der Waals surface area contributed by atoms with Crippen molar-refractivity contribution in [2.45, 2.75) is 38.5 Å². The van der Waals surface area contributed by atoms with Crippen LogP contribution in [0.5, 0.6) is 0 Å². The molecule has 1 aliphatic heterocycles. The third-order valence-electron chi connectivity index (χ3n) is 6.37. The molecule has 4 rings (SSSR count). The number of carbonyl (C=O) groups is 2. The molecule has 1 N–H and O–H groups in total. The van der Waals surface area contributed by atoms with Crippen molar-refractivity contribution in [1.82, 2.24) is 4.90 Å². The van der Waals surface area contributed by atoms with E-state index >= 15 is 0 Å². The summed E-state index contributed by atoms with van der Waals surface area (Å²) in [7, 11) is 0. The predicted octanol–water partition coefficient (Wildman–Crippen LogP) is 4.49. The highest BCUT2D eigenvalue weighted by Crippen LogP contribution is 2.44. The van der Waals surface area contributed by atoms with Crippen LogP contribution in [0.4, 0.5) is 5.69 Å². The second-order valence-corrected chi connectivity index (χ2v) is 8.55. The average Bonchev–Trinajstić information content (AvgIpc) is 3.23. The Bertz CT molecular complexity index is 852. The van der Waals surface area contributed by atoms with Crippen LogP contribution in [0.3, 0.4) is 0 Å². The van der Waals surface area contributed by atoms with Crippen LogP contribution in [0.25, 0.3) is 11.1 Å². The van der Waals surface area contributed by atoms with Gasteiger partial charge in [0.2, 0.25) is 11.8 Å². The van der Waals surface area contributed by atoms with E-state index in [4.69, 9.17) is 4.74 Å². The zero-order valence-electron chi connectivity index (χ0n) is 17.4. The van der Waals surface area contributed by atoms with Crippen molar-refractivity contribution < 1.29 is 14.3 Å². The van der Waals surface area contributed by atoms with E-state index in [-0.39, 0.29) is 17.2 Å². The van der Waals surface area contributed by atoms with Gasteiger partial charge in [-0.3, -0.25) is 9.59 Å². The fourth-order valence-electron chi connectivity index (χ4n) is 4.71. The van der Waals surface area contributed by atoms with E-state index in [0.29, 0.717) is 39.1 Å². The number of anilines is 1. The Hall–Kier alpha value is -2.66. The quantitative estimate of drug-likeness (QED) is 0.769. The Balaban J connectivity index is 1.37. The van der Waals surface area contributed by atoms with Crippen LogP contribution in [0.15, 0.2) is 54.6 Å². The van der Waals surface area contributed by atoms with Crippen molar-refractivity contribution in [2.24, 2.45) is 5.41 Å². The fourth-order valence-corrected chi connectivity index (χ4v) is 4.71. The molecule has 1 saturated carbocycles. The maximum Gasteiger partial charge on any atom is 0.224 e. The first kappa shape index (κ1) is 20.6. The minimum Gasteiger partial charge on any atom is -0.378 e. The molecule has 30 heavy (non-hydrogen) atoms. The van der Waals surface area contributed by atoms with Gasteiger partial charge in [-0.1, -0.05) is 55.3 Å². The van der Waals surface area contributed by atoms with Gasteiger partial charge in [-0.15, -0.1) is 0 Å². The van der Waals surface area contributed by atoms with Gasteiger partial charge in [0.1, 0.15) is 0 Å². The molecule has 0 spiro atoms. The molecule has 158 valence electrons. The van der Waals surface area contributed by atoms with Gasteiger partial charge in [0.05, 0.1) is 13.2 Å². The lowest BCUT2D eigenvalue weighted by molar-refractivity contribution is -0.138. The van der Waals surface area contributed by atoms with Crippen molar-refractivity contribution in [3.8, 4) is 11.1 Å². The summed E-state index contributed by atoms with van der Waals surface area (Å²) in [5.74, 6) is 0.166. The zero-order valence-corrected chi connectivity index (χ0v) is 17.4. The minimum absolute atomic E-state index is 0.000798. The first-order valence-electron chi connectivity index (χ1n) is 10.9. The number of rotatable bonds is 6. The third kappa shape index (κ3) is 5.08. The van der Waals surface area contributed by atoms with Gasteiger partial charge in [-0.05, 0) is 41.5 Å². The molecule has 2 aliphatic rings. The molecule has 2 fully saturated rings. The van der Waals surface area contributed by atoms with Gasteiger partial charge >= 0.3 is 0 Å². The minimum atomic E-state index is -0.205. The topological polar surface area (TPSA) is 58.6 Å². The van der Waals surface area contributed by atoms with E-state index < -0.39 is 0 Å². The number of carbonyl (C=O) groups excluding carboxylic acids is 2. The molecule has 0 atom stereocenters. The highest BCUT2D eigenvalue weighted by molar-refractivity contribution is 5.92. The molecule has 2 amide bonds. The molecule has 5 heteroatoms. The van der Waals surface area contributed by atoms with Crippen molar-refractivity contribution in [3.05, 3.63) is 54.6 Å². The Morgan fingerprint density at radius 2 is 1.50 bits per heavy atom. The molecule has 0 aromatic heterocycles. The van der Waals surface area contributed by atoms with Crippen LogP contribution >= 0.6 is 0 Å². The summed E-state index contributed by atoms with van der Waals surface area (Å²) in [4.78, 5) is 27.5. The summed E-state index contributed by atoms with van der Waals surface area (Å²) in [5, 5.41) is 3.04. The van der Waals surface area contributed by atoms with Crippen LogP contribution in [0.2, 0.25) is 0 Å². The van der Waals surface area contributed by atoms with Gasteiger partial charge in [0, 0.05) is 31.6 Å². The van der Waals surface area contributed by atoms with Crippen LogP contribution < -0.4 is 5.32 Å². The standard InChI is InChI=1S/C25H30N2O3/c28-23(26-22-10-8-21(9-11-22)20-6-2-1-3-7-20)18-25(12-4-5-13-25)19-24(29)27-14-16-30-17-15-27/h1-3,6-11H,4-5,12-19H2,(H,26,28). The molecule has 0 radical (unpaired) electrons. The Morgan fingerprint density at radius 1 is 0.867 bits per heavy atom. The van der Waals surface area contributed by atoms with E-state index in [9.17, 15) is 9.59 Å². The average molecular weight is 407 g/mol. The van der Waals surface area contributed by atoms with Crippen molar-refractivity contribution in [2.75, 3.05) is 31.6 Å². The highest BCUT2D eigenvalue weighted by Gasteiger charge is 2.39. The maximum atomic E-state index is 12.8. The van der Waals surface area contributed by atoms with Gasteiger partial charge in [0.25, 0.3) is 0 Å². The summed E-state index contributed by atoms with van der Waals surface area (Å²) in [6.07, 6.45) is 4.95. The number of amides is 2. The SMILES string of the molecule is O=C(CC1(CC(=O)N2CCOCC2)CCCC1)Nc1ccc(-c2ccccc2)cc1. The smallest absolute Gasteiger partial charge is 0.224 e. The largest absolute Gasteiger partial charge is 0.378 e. The van der Waals surface area contributed by atoms with Crippen molar-refractivity contribution in [1.29, 1.82) is 0 Å². The zero-order chi connectivity index (χ0) is 20.8. The number of nitrogens with zero attached hydrogens (tertiary/aromatic N) is 1. The molecule has 0 unspecified atom stereocenters. The summed E-state index contributed by atoms with van der Waals surface area (Å²) in [6.45, 7) is 2.54. The Labute approximate surface area is 178 Å². The first-order chi connectivity index (χ1) is 14.6. The van der Waals surface area contributed by atoms with Crippen LogP contribution in [0.1, 0.15) is 38.5 Å². The van der Waals surface area contributed by atoms with Crippen molar-refractivity contribution >= 4 is 17.5 Å². The monoisotopic (exact) mass is 406 g/mol. The van der Waals surface area contributed by atoms with E-state index in [2.05, 4.69) is 17.4 Å². The maximum absolute atomic E-state index is 12.8. The number of nitrogens with one attached hydrogen (secondary N) is 1. The molecule has 1 saturated heterocycles. The first-order valence-corrected chi connectivity index (χ1v) is 10.9. The number of morpholine rings is 1. The molecule has 1 aliphatic carbocycles. The van der Waals surface area contributed by atoms with Gasteiger partial charge in [-0.25, -0.2) is 0 Å². The molecular formula is C25H30N2O3. The Morgan fingerprint density at radius 3 is 2.17 bits per heavy atom. The fraction of sp³-hybridized carbons (Fsp3) is 0.440. The van der Waals surface area contributed by atoms with Crippen molar-refractivity contribution in [3.63, 3.8) is 0 Å². The van der Waals surface area contributed by atoms with Gasteiger partial charge < -0.3 is 15.0 Å². The number of hydrogen-bond acceptors (Lipinski definition) is 3. The normalized spacial score (nSPS) is 18.2. The second-order valence-electron chi connectivity index (χ2n) is 8.55. The van der Waals surface area contributed by atoms with Gasteiger partial charge in [-0.2, -0.15) is 0 Å². The summed E-state index contributed by atoms with van der Waals surface area (Å²) in [5.41, 5.74) is 2.87. The van der Waals surface area contributed by atoms with E-state index in [1.54, 1.807) is 0 Å². The molecule has 2 aromatic carbocycles. The molecule has 0 bridgehead atoms. The van der Waals surface area contributed by atoms with Crippen LogP contribution in [0, 0.1) is 5.41 Å². The molecule has 5 nitrogen and oxygen atoms in total. The molecular weight excluding hydrogens is 376 g/mol. The molecule has 2 aromatic rings. The lowest BCUT2D eigenvalue weighted by atomic mass is 9.78. The predicted molar refractivity (Wildman–Crippen MR) is 118 cm³/mol. The van der Waals surface area contributed by atoms with E-state index in [1.807, 2.05) is 47.4 Å². The Kier molecular flexibility index (Phi) is 6.48. The van der Waals surface area contributed by atoms with E-state index in [1.165, 1.54) is 0 Å². The summed E-state index contributed by atoms with van der Waals surface area (Å²) < 4.78 is 5.35. The lowest BCUT2D eigenvalue weighted by Crippen LogP contribution is -2.43. The highest BCUT2D eigenvalue weighted by atomic mass is 16.5. The van der Waals surface area contributed by atoms with Gasteiger partial charge in [0.15, 0.2) is 0 Å². The number of hydrogen-bond donors (Lipinski definition) is 1. The van der Waals surface area contributed by atoms with E-state index in [0.717, 1.165) is 42.5 Å². The van der Waals surface area contributed by atoms with Crippen LogP contribution in [-0.4, -0.2) is 43.0 Å². The third-order valence-corrected chi connectivity index (χ3v) is 6.37. The summed E-state index contributed by atoms with van der Waals surface area (Å²) >= 11 is 0.